The van der Waals surface area contributed by atoms with Crippen LogP contribution in [0.2, 0.25) is 0 Å². The topological polar surface area (TPSA) is 90.5 Å². The molecule has 1 fully saturated rings. The maximum atomic E-state index is 13.5. The zero-order chi connectivity index (χ0) is 27.4. The second-order valence-corrected chi connectivity index (χ2v) is 9.47. The molecule has 0 spiro atoms. The highest BCUT2D eigenvalue weighted by atomic mass is 19.4. The third-order valence-corrected chi connectivity index (χ3v) is 6.41. The van der Waals surface area contributed by atoms with E-state index in [1.165, 1.54) is 17.7 Å². The van der Waals surface area contributed by atoms with E-state index in [9.17, 15) is 18.0 Å². The molecule has 2 heterocycles. The van der Waals surface area contributed by atoms with E-state index in [4.69, 9.17) is 15.2 Å². The molecule has 0 saturated carbocycles. The Hall–Kier alpha value is -3.84. The van der Waals surface area contributed by atoms with E-state index in [1.54, 1.807) is 30.3 Å². The molecule has 202 valence electrons. The van der Waals surface area contributed by atoms with Gasteiger partial charge in [0.15, 0.2) is 0 Å². The molecular weight excluding hydrogens is 497 g/mol. The molecule has 4 rings (SSSR count). The lowest BCUT2D eigenvalue weighted by Gasteiger charge is -2.33. The van der Waals surface area contributed by atoms with E-state index in [0.717, 1.165) is 18.5 Å². The third-order valence-electron chi connectivity index (χ3n) is 6.41. The minimum atomic E-state index is -4.41. The Balaban J connectivity index is 1.60. The highest BCUT2D eigenvalue weighted by molar-refractivity contribution is 5.94. The number of fused-ring (bicyclic) bond motifs is 1. The molecule has 38 heavy (non-hydrogen) atoms. The summed E-state index contributed by atoms with van der Waals surface area (Å²) in [4.78, 5) is 11.4. The van der Waals surface area contributed by atoms with Gasteiger partial charge in [-0.1, -0.05) is 12.0 Å². The predicted molar refractivity (Wildman–Crippen MR) is 142 cm³/mol. The van der Waals surface area contributed by atoms with E-state index in [0.29, 0.717) is 27.9 Å². The molecule has 3 aromatic rings. The number of benzene rings is 2. The van der Waals surface area contributed by atoms with Crippen LogP contribution in [0, 0.1) is 11.8 Å². The first-order chi connectivity index (χ1) is 18.0. The summed E-state index contributed by atoms with van der Waals surface area (Å²) < 4.78 is 52.8. The molecule has 1 amide bonds. The molecule has 7 nitrogen and oxygen atoms in total. The predicted octanol–water partition coefficient (Wildman–Crippen LogP) is 5.14. The van der Waals surface area contributed by atoms with Gasteiger partial charge in [-0.15, -0.1) is 0 Å². The van der Waals surface area contributed by atoms with Gasteiger partial charge in [-0.25, -0.2) is 0 Å². The van der Waals surface area contributed by atoms with Gasteiger partial charge in [-0.05, 0) is 69.0 Å². The van der Waals surface area contributed by atoms with E-state index < -0.39 is 18.6 Å². The summed E-state index contributed by atoms with van der Waals surface area (Å²) in [5, 5.41) is 7.27. The molecule has 2 unspecified atom stereocenters. The summed E-state index contributed by atoms with van der Waals surface area (Å²) in [6.07, 6.45) is -2.58. The summed E-state index contributed by atoms with van der Waals surface area (Å²) in [5.74, 6) is 5.62. The van der Waals surface area contributed by atoms with E-state index in [-0.39, 0.29) is 30.5 Å². The van der Waals surface area contributed by atoms with Crippen molar-refractivity contribution in [3.63, 3.8) is 0 Å². The van der Waals surface area contributed by atoms with Crippen LogP contribution in [0.5, 0.6) is 5.75 Å². The number of halogens is 3. The molecule has 1 aliphatic rings. The Kier molecular flexibility index (Phi) is 8.07. The number of alkyl halides is 3. The van der Waals surface area contributed by atoms with Gasteiger partial charge in [0.2, 0.25) is 5.91 Å². The molecule has 4 N–H and O–H groups in total. The van der Waals surface area contributed by atoms with Crippen molar-refractivity contribution in [2.45, 2.75) is 57.7 Å². The van der Waals surface area contributed by atoms with Crippen LogP contribution in [0.3, 0.4) is 0 Å². The van der Waals surface area contributed by atoms with Crippen LogP contribution < -0.4 is 21.1 Å². The fourth-order valence-electron chi connectivity index (χ4n) is 4.87. The summed E-state index contributed by atoms with van der Waals surface area (Å²) in [6.45, 7) is 3.04. The van der Waals surface area contributed by atoms with Crippen molar-refractivity contribution in [3.8, 4) is 17.6 Å². The van der Waals surface area contributed by atoms with Crippen LogP contribution in [-0.4, -0.2) is 48.6 Å². The van der Waals surface area contributed by atoms with Gasteiger partial charge >= 0.3 is 6.18 Å². The van der Waals surface area contributed by atoms with Crippen molar-refractivity contribution in [3.05, 3.63) is 53.7 Å². The van der Waals surface area contributed by atoms with Crippen molar-refractivity contribution in [2.75, 3.05) is 24.3 Å². The van der Waals surface area contributed by atoms with Crippen LogP contribution in [0.1, 0.15) is 42.7 Å². The monoisotopic (exact) mass is 528 g/mol. The number of aromatic nitrogens is 1. The number of primary amides is 1. The molecule has 0 bridgehead atoms. The van der Waals surface area contributed by atoms with Crippen molar-refractivity contribution in [1.82, 2.24) is 4.57 Å². The highest BCUT2D eigenvalue weighted by Gasteiger charge is 2.30. The van der Waals surface area contributed by atoms with Crippen LogP contribution in [0.4, 0.5) is 24.5 Å². The number of hydrogen-bond acceptors (Lipinski definition) is 5. The van der Waals surface area contributed by atoms with Crippen LogP contribution in [-0.2, 0) is 11.3 Å². The number of ether oxygens (including phenoxy) is 2. The number of carbonyl (C=O) groups is 1. The van der Waals surface area contributed by atoms with Crippen molar-refractivity contribution in [1.29, 1.82) is 0 Å². The largest absolute Gasteiger partial charge is 0.495 e. The van der Waals surface area contributed by atoms with Gasteiger partial charge in [0.1, 0.15) is 12.3 Å². The highest BCUT2D eigenvalue weighted by Crippen LogP contribution is 2.32. The fourth-order valence-corrected chi connectivity index (χ4v) is 4.87. The first-order valence-electron chi connectivity index (χ1n) is 12.4. The minimum absolute atomic E-state index is 0.102. The third kappa shape index (κ3) is 6.53. The van der Waals surface area contributed by atoms with E-state index >= 15 is 0 Å². The average Bonchev–Trinajstić information content (AvgIpc) is 3.18. The fraction of sp³-hybridized carbons (Fsp3) is 0.393. The van der Waals surface area contributed by atoms with Gasteiger partial charge in [0.05, 0.1) is 42.8 Å². The lowest BCUT2D eigenvalue weighted by atomic mass is 9.99. The maximum Gasteiger partial charge on any atom is 0.406 e. The molecule has 0 aliphatic carbocycles. The maximum absolute atomic E-state index is 13.5. The number of nitrogens with two attached hydrogens (primary N) is 1. The Morgan fingerprint density at radius 2 is 1.89 bits per heavy atom. The smallest absolute Gasteiger partial charge is 0.406 e. The number of hydrogen-bond donors (Lipinski definition) is 3. The van der Waals surface area contributed by atoms with Crippen molar-refractivity contribution in [2.24, 2.45) is 5.73 Å². The van der Waals surface area contributed by atoms with Crippen molar-refractivity contribution >= 4 is 28.2 Å². The number of rotatable bonds is 7. The SMILES string of the molecule is COc1cc(C(N)=O)ccc1NCC#Cc1cc2c(NC3CC(C)OC(C)C3)cccc2n1CC(F)(F)F. The first kappa shape index (κ1) is 27.2. The Labute approximate surface area is 219 Å². The normalized spacial score (nSPS) is 19.5. The van der Waals surface area contributed by atoms with Gasteiger partial charge in [0, 0.05) is 22.7 Å². The lowest BCUT2D eigenvalue weighted by Crippen LogP contribution is -2.36. The second kappa shape index (κ2) is 11.3. The molecular formula is C28H31F3N4O3. The molecule has 1 aromatic heterocycles. The molecule has 2 atom stereocenters. The zero-order valence-electron chi connectivity index (χ0n) is 21.5. The summed E-state index contributed by atoms with van der Waals surface area (Å²) in [6, 6.07) is 11.9. The number of nitrogens with one attached hydrogen (secondary N) is 2. The van der Waals surface area contributed by atoms with Crippen LogP contribution in [0.25, 0.3) is 10.9 Å². The molecule has 2 aromatic carbocycles. The first-order valence-corrected chi connectivity index (χ1v) is 12.4. The van der Waals surface area contributed by atoms with E-state index in [1.807, 2.05) is 19.9 Å². The summed E-state index contributed by atoms with van der Waals surface area (Å²) in [5.41, 5.74) is 7.68. The second-order valence-electron chi connectivity index (χ2n) is 9.47. The lowest BCUT2D eigenvalue weighted by molar-refractivity contribution is -0.140. The standard InChI is InChI=1S/C28H31F3N4O3/c1-17-12-20(13-18(2)38-17)34-23-7-4-8-25-22(23)15-21(35(25)16-28(29,30)31)6-5-11-33-24-10-9-19(27(32)36)14-26(24)37-3/h4,7-10,14-15,17-18,20,33-34H,11-13,16H2,1-3H3,(H2,32,36). The minimum Gasteiger partial charge on any atom is -0.495 e. The van der Waals surface area contributed by atoms with E-state index in [2.05, 4.69) is 22.5 Å². The number of carbonyl (C=O) groups excluding carboxylic acids is 1. The Bertz CT molecular complexity index is 1360. The summed E-state index contributed by atoms with van der Waals surface area (Å²) >= 11 is 0. The number of amides is 1. The number of anilines is 2. The Morgan fingerprint density at radius 1 is 1.16 bits per heavy atom. The van der Waals surface area contributed by atoms with Gasteiger partial charge in [-0.3, -0.25) is 4.79 Å². The number of methoxy groups -OCH3 is 1. The van der Waals surface area contributed by atoms with Gasteiger partial charge in [-0.2, -0.15) is 13.2 Å². The molecule has 1 saturated heterocycles. The Morgan fingerprint density at radius 3 is 2.55 bits per heavy atom. The molecule has 0 radical (unpaired) electrons. The zero-order valence-corrected chi connectivity index (χ0v) is 21.5. The van der Waals surface area contributed by atoms with Crippen LogP contribution in [0.15, 0.2) is 42.5 Å². The average molecular weight is 529 g/mol. The quantitative estimate of drug-likeness (QED) is 0.370. The van der Waals surface area contributed by atoms with Gasteiger partial charge in [0.25, 0.3) is 0 Å². The molecule has 1 aliphatic heterocycles. The molecule has 10 heteroatoms. The number of nitrogens with zero attached hydrogens (tertiary/aromatic N) is 1. The van der Waals surface area contributed by atoms with Crippen molar-refractivity contribution < 1.29 is 27.4 Å². The van der Waals surface area contributed by atoms with Crippen LogP contribution >= 0.6 is 0 Å². The summed E-state index contributed by atoms with van der Waals surface area (Å²) in [7, 11) is 1.46. The van der Waals surface area contributed by atoms with Gasteiger partial charge < -0.3 is 30.4 Å².